The number of halogens is 1. The number of ether oxygens (including phenoxy) is 2. The van der Waals surface area contributed by atoms with E-state index < -0.39 is 35.4 Å². The monoisotopic (exact) mass is 1070 g/mol. The number of carbonyl (C=O) groups excluding carboxylic acids is 4. The fourth-order valence-corrected chi connectivity index (χ4v) is 12.3. The topological polar surface area (TPSA) is 195 Å². The zero-order chi connectivity index (χ0) is 53.0. The lowest BCUT2D eigenvalue weighted by molar-refractivity contribution is -0.142. The van der Waals surface area contributed by atoms with Gasteiger partial charge in [0.1, 0.15) is 46.4 Å². The predicted molar refractivity (Wildman–Crippen MR) is 290 cm³/mol. The number of rotatable bonds is 14. The summed E-state index contributed by atoms with van der Waals surface area (Å²) in [7, 11) is 1.57. The third-order valence-electron chi connectivity index (χ3n) is 14.6. The zero-order valence-electron chi connectivity index (χ0n) is 43.3. The summed E-state index contributed by atoms with van der Waals surface area (Å²) in [6.45, 7) is 15.8. The summed E-state index contributed by atoms with van der Waals surface area (Å²) < 4.78 is 20.1. The Hall–Kier alpha value is -6.73. The molecule has 3 aromatic carbocycles. The maximum atomic E-state index is 14.6. The lowest BCUT2D eigenvalue weighted by atomic mass is 9.85. The lowest BCUT2D eigenvalue weighted by Gasteiger charge is -2.36. The molecule has 390 valence electrons. The molecule has 1 saturated heterocycles. The van der Waals surface area contributed by atoms with Gasteiger partial charge in [0.2, 0.25) is 17.7 Å². The number of hydrogen-bond donors (Lipinski definition) is 3. The molecule has 1 saturated carbocycles. The first kappa shape index (κ1) is 51.7. The van der Waals surface area contributed by atoms with Crippen LogP contribution in [0.15, 0.2) is 87.7 Å². The number of aromatic nitrogens is 4. The van der Waals surface area contributed by atoms with Crippen LogP contribution in [0.4, 0.5) is 0 Å². The number of thiophene rings is 1. The molecule has 6 heterocycles. The second-order valence-electron chi connectivity index (χ2n) is 20.9. The molecule has 5 atom stereocenters. The SMILES string of the molecule is CO[C@H]1C[C@@H](C(=O)N[C@@H](C)c2ccc(-c3scnc3C)cc2)N(C(=O)C(NC(=O)c2cc3cc(O[C@H]4C[C@@H](NC(=O)C[C@@H]5N=C(c6ccc(Cl)cc6)c6c(sc(C)c6C)-n6c(C)nnc65)C4)ccc3o2)C(C)(C)C)C1. The van der Waals surface area contributed by atoms with Crippen molar-refractivity contribution < 1.29 is 33.1 Å². The van der Waals surface area contributed by atoms with E-state index in [0.29, 0.717) is 46.8 Å². The molecule has 1 unspecified atom stereocenters. The maximum Gasteiger partial charge on any atom is 0.287 e. The van der Waals surface area contributed by atoms with Crippen molar-refractivity contribution in [2.45, 2.75) is 123 Å². The highest BCUT2D eigenvalue weighted by Gasteiger charge is 2.46. The molecular weight excluding hydrogens is 1010 g/mol. The molecule has 7 aromatic rings. The van der Waals surface area contributed by atoms with E-state index >= 15 is 0 Å². The number of amides is 4. The highest BCUT2D eigenvalue weighted by Crippen LogP contribution is 2.40. The average molecular weight is 1070 g/mol. The number of carbonyl (C=O) groups is 4. The van der Waals surface area contributed by atoms with Gasteiger partial charge in [-0.3, -0.25) is 28.7 Å². The van der Waals surface area contributed by atoms with Gasteiger partial charge in [0.15, 0.2) is 11.6 Å². The minimum Gasteiger partial charge on any atom is -0.490 e. The number of methoxy groups -OCH3 is 1. The van der Waals surface area contributed by atoms with Crippen LogP contribution in [-0.4, -0.2) is 98.0 Å². The Morgan fingerprint density at radius 3 is 2.33 bits per heavy atom. The first-order chi connectivity index (χ1) is 35.8. The van der Waals surface area contributed by atoms with E-state index in [1.54, 1.807) is 48.0 Å². The van der Waals surface area contributed by atoms with Crippen molar-refractivity contribution in [1.29, 1.82) is 0 Å². The first-order valence-corrected chi connectivity index (χ1v) is 27.2. The number of aliphatic imine (C=N–C) groups is 1. The van der Waals surface area contributed by atoms with Crippen molar-refractivity contribution >= 4 is 74.6 Å². The van der Waals surface area contributed by atoms with Crippen molar-refractivity contribution in [2.24, 2.45) is 10.4 Å². The number of furan rings is 1. The van der Waals surface area contributed by atoms with Gasteiger partial charge in [-0.05, 0) is 93.1 Å². The molecule has 0 bridgehead atoms. The van der Waals surface area contributed by atoms with E-state index in [4.69, 9.17) is 30.5 Å². The van der Waals surface area contributed by atoms with E-state index in [9.17, 15) is 19.2 Å². The number of aryl methyl sites for hydroxylation is 3. The Kier molecular flexibility index (Phi) is 14.3. The van der Waals surface area contributed by atoms with Gasteiger partial charge in [0, 0.05) is 65.4 Å². The van der Waals surface area contributed by atoms with Crippen molar-refractivity contribution in [2.75, 3.05) is 13.7 Å². The van der Waals surface area contributed by atoms with Crippen LogP contribution >= 0.6 is 34.3 Å². The second-order valence-corrected chi connectivity index (χ2v) is 23.4. The molecular formula is C56H60ClN9O7S2. The number of hydrogen-bond acceptors (Lipinski definition) is 13. The van der Waals surface area contributed by atoms with Crippen LogP contribution in [0, 0.1) is 33.1 Å². The molecule has 0 radical (unpaired) electrons. The number of benzene rings is 3. The Morgan fingerprint density at radius 1 is 0.907 bits per heavy atom. The van der Waals surface area contributed by atoms with Crippen LogP contribution in [0.3, 0.4) is 0 Å². The van der Waals surface area contributed by atoms with Gasteiger partial charge in [-0.15, -0.1) is 32.9 Å². The Balaban J connectivity index is 0.759. The largest absolute Gasteiger partial charge is 0.490 e. The highest BCUT2D eigenvalue weighted by molar-refractivity contribution is 7.15. The number of likely N-dealkylation sites (tertiary alicyclic amines) is 1. The summed E-state index contributed by atoms with van der Waals surface area (Å²) in [6, 6.07) is 19.8. The van der Waals surface area contributed by atoms with Crippen LogP contribution in [0.1, 0.15) is 120 Å². The fraction of sp³-hybridized carbons (Fsp3) is 0.393. The normalized spacial score (nSPS) is 20.1. The van der Waals surface area contributed by atoms with Crippen LogP contribution < -0.4 is 20.7 Å². The number of nitrogens with one attached hydrogen (secondary N) is 3. The summed E-state index contributed by atoms with van der Waals surface area (Å²) >= 11 is 9.53. The number of fused-ring (bicyclic) bond motifs is 4. The number of thiazole rings is 1. The molecule has 3 N–H and O–H groups in total. The average Bonchev–Trinajstić information content (AvgIpc) is 4.21. The summed E-state index contributed by atoms with van der Waals surface area (Å²) in [5.41, 5.74) is 8.32. The van der Waals surface area contributed by atoms with Gasteiger partial charge >= 0.3 is 0 Å². The highest BCUT2D eigenvalue weighted by atomic mass is 35.5. The molecule has 19 heteroatoms. The van der Waals surface area contributed by atoms with Gasteiger partial charge in [0.25, 0.3) is 5.91 Å². The minimum atomic E-state index is -1.01. The molecule has 2 aliphatic heterocycles. The smallest absolute Gasteiger partial charge is 0.287 e. The molecule has 1 aliphatic carbocycles. The van der Waals surface area contributed by atoms with Gasteiger partial charge < -0.3 is 34.7 Å². The Bertz CT molecular complexity index is 3350. The predicted octanol–water partition coefficient (Wildman–Crippen LogP) is 9.73. The van der Waals surface area contributed by atoms with E-state index in [1.165, 1.54) is 9.78 Å². The molecule has 75 heavy (non-hydrogen) atoms. The summed E-state index contributed by atoms with van der Waals surface area (Å²) in [4.78, 5) is 69.7. The lowest BCUT2D eigenvalue weighted by Crippen LogP contribution is -2.57. The standard InChI is InChI=1S/C56H60ClN9O7S2/c1-28-31(4)75-55-47(28)48(34-14-16-37(57)17-15-34)61-42(51-64-63-32(5)66(51)55)25-46(67)60-38-22-40(23-38)72-39-18-19-44-36(20-39)21-45(73-44)53(69)62-50(56(6,7)8)54(70)65-26-41(71-9)24-43(65)52(68)59-29(2)33-10-12-35(13-11-33)49-30(3)58-27-74-49/h10-21,27,29,38,40-43,50H,22-26H2,1-9H3,(H,59,68)(H,60,67)(H,62,69)/t29-,38-,40+,41-,42-,43-,50?/m0/s1. The zero-order valence-corrected chi connectivity index (χ0v) is 45.7. The fourth-order valence-electron chi connectivity index (χ4n) is 10.1. The van der Waals surface area contributed by atoms with Gasteiger partial charge in [-0.1, -0.05) is 68.8 Å². The van der Waals surface area contributed by atoms with Crippen LogP contribution in [0.25, 0.3) is 26.4 Å². The number of nitrogens with zero attached hydrogens (tertiary/aromatic N) is 6. The molecule has 4 amide bonds. The van der Waals surface area contributed by atoms with Crippen LogP contribution in [0.2, 0.25) is 5.02 Å². The molecule has 2 fully saturated rings. The van der Waals surface area contributed by atoms with Crippen LogP contribution in [0.5, 0.6) is 5.75 Å². The van der Waals surface area contributed by atoms with Crippen LogP contribution in [-0.2, 0) is 19.1 Å². The quantitative estimate of drug-likeness (QED) is 0.0944. The maximum absolute atomic E-state index is 14.6. The van der Waals surface area contributed by atoms with E-state index in [1.807, 2.05) is 106 Å². The van der Waals surface area contributed by atoms with Crippen molar-refractivity contribution in [3.8, 4) is 21.2 Å². The van der Waals surface area contributed by atoms with E-state index in [2.05, 4.69) is 45.0 Å². The molecule has 16 nitrogen and oxygen atoms in total. The van der Waals surface area contributed by atoms with Gasteiger partial charge in [-0.2, -0.15) is 0 Å². The summed E-state index contributed by atoms with van der Waals surface area (Å²) in [5, 5.41) is 20.5. The van der Waals surface area contributed by atoms with Crippen molar-refractivity contribution in [3.63, 3.8) is 0 Å². The third kappa shape index (κ3) is 10.5. The van der Waals surface area contributed by atoms with Gasteiger partial charge in [0.05, 0.1) is 40.4 Å². The third-order valence-corrected chi connectivity index (χ3v) is 17.0. The molecule has 10 rings (SSSR count). The molecule has 0 spiro atoms. The van der Waals surface area contributed by atoms with Gasteiger partial charge in [-0.25, -0.2) is 4.98 Å². The van der Waals surface area contributed by atoms with E-state index in [0.717, 1.165) is 54.9 Å². The van der Waals surface area contributed by atoms with Crippen molar-refractivity contribution in [3.05, 3.63) is 134 Å². The first-order valence-electron chi connectivity index (χ1n) is 25.1. The van der Waals surface area contributed by atoms with Crippen molar-refractivity contribution in [1.82, 2.24) is 40.6 Å². The molecule has 3 aliphatic rings. The minimum absolute atomic E-state index is 0.0269. The second kappa shape index (κ2) is 20.8. The summed E-state index contributed by atoms with van der Waals surface area (Å²) in [6.07, 6.45) is 1.08. The Morgan fingerprint density at radius 2 is 1.64 bits per heavy atom. The molecule has 4 aromatic heterocycles. The summed E-state index contributed by atoms with van der Waals surface area (Å²) in [5.74, 6) is 0.547. The van der Waals surface area contributed by atoms with E-state index in [-0.39, 0.29) is 54.8 Å². The Labute approximate surface area is 448 Å².